The van der Waals surface area contributed by atoms with Gasteiger partial charge in [0.2, 0.25) is 0 Å². The maximum Gasteiger partial charge on any atom is 0.416 e. The van der Waals surface area contributed by atoms with Gasteiger partial charge in [-0.3, -0.25) is 14.5 Å². The number of nitrogens with zero attached hydrogens (tertiary/aromatic N) is 1. The van der Waals surface area contributed by atoms with Crippen LogP contribution in [0.25, 0.3) is 0 Å². The normalized spacial score (nSPS) is 17.4. The minimum Gasteiger partial charge on any atom is -0.508 e. The van der Waals surface area contributed by atoms with Crippen molar-refractivity contribution in [2.45, 2.75) is 25.6 Å². The molecule has 0 fully saturated rings. The summed E-state index contributed by atoms with van der Waals surface area (Å²) in [5.74, 6) is -2.46. The molecule has 1 atom stereocenters. The number of amides is 1. The number of benzene rings is 2. The molecular weight excluding hydrogens is 375 g/mol. The molecule has 0 aromatic heterocycles. The molecule has 1 unspecified atom stereocenters. The number of aromatic hydroxyl groups is 1. The van der Waals surface area contributed by atoms with Gasteiger partial charge >= 0.3 is 6.18 Å². The highest BCUT2D eigenvalue weighted by molar-refractivity contribution is 6.16. The van der Waals surface area contributed by atoms with Crippen LogP contribution in [0.5, 0.6) is 5.75 Å². The number of carbonyl (C=O) groups is 2. The number of ketones is 1. The van der Waals surface area contributed by atoms with Crippen molar-refractivity contribution < 1.29 is 33.0 Å². The van der Waals surface area contributed by atoms with Gasteiger partial charge in [-0.25, -0.2) is 0 Å². The second-order valence-electron chi connectivity index (χ2n) is 6.26. The van der Waals surface area contributed by atoms with Crippen LogP contribution in [0.4, 0.5) is 18.9 Å². The van der Waals surface area contributed by atoms with E-state index in [1.165, 1.54) is 30.3 Å². The van der Waals surface area contributed by atoms with Crippen LogP contribution >= 0.6 is 0 Å². The Bertz CT molecular complexity index is 981. The smallest absolute Gasteiger partial charge is 0.416 e. The first kappa shape index (κ1) is 19.5. The predicted octanol–water partition coefficient (Wildman–Crippen LogP) is 4.29. The van der Waals surface area contributed by atoms with Crippen molar-refractivity contribution in [3.8, 4) is 5.75 Å². The number of carbonyl (C=O) groups excluding carboxylic acids is 2. The molecule has 0 saturated carbocycles. The molecule has 2 aromatic rings. The van der Waals surface area contributed by atoms with E-state index in [0.29, 0.717) is 0 Å². The lowest BCUT2D eigenvalue weighted by atomic mass is 9.94. The minimum absolute atomic E-state index is 0.0155. The number of phenolic OH excluding ortho intramolecular Hbond substituents is 1. The molecule has 0 aliphatic carbocycles. The van der Waals surface area contributed by atoms with Crippen molar-refractivity contribution in [3.63, 3.8) is 0 Å². The van der Waals surface area contributed by atoms with E-state index in [4.69, 9.17) is 0 Å². The van der Waals surface area contributed by atoms with Crippen LogP contribution in [0.15, 0.2) is 59.9 Å². The molecule has 2 aromatic carbocycles. The quantitative estimate of drug-likeness (QED) is 0.815. The fraction of sp³-hybridized carbons (Fsp3) is 0.200. The molecule has 1 aliphatic rings. The van der Waals surface area contributed by atoms with Crippen LogP contribution in [-0.4, -0.2) is 21.9 Å². The van der Waals surface area contributed by atoms with E-state index in [-0.39, 0.29) is 29.0 Å². The van der Waals surface area contributed by atoms with E-state index in [9.17, 15) is 33.0 Å². The summed E-state index contributed by atoms with van der Waals surface area (Å²) < 4.78 is 39.3. The van der Waals surface area contributed by atoms with E-state index in [2.05, 4.69) is 0 Å². The van der Waals surface area contributed by atoms with Crippen molar-refractivity contribution in [1.82, 2.24) is 0 Å². The Morgan fingerprint density at radius 2 is 1.79 bits per heavy atom. The third-order valence-electron chi connectivity index (χ3n) is 4.47. The number of alkyl halides is 3. The van der Waals surface area contributed by atoms with Crippen LogP contribution in [0.1, 0.15) is 30.5 Å². The zero-order chi connectivity index (χ0) is 20.6. The van der Waals surface area contributed by atoms with Gasteiger partial charge in [0.05, 0.1) is 17.2 Å². The molecule has 0 saturated heterocycles. The first-order valence-electron chi connectivity index (χ1n) is 8.41. The van der Waals surface area contributed by atoms with Crippen LogP contribution < -0.4 is 4.90 Å². The standard InChI is InChI=1S/C20H16F3NO4/c1-2-15(26)16-17(11-5-3-8-14(25)9-11)24(19(28)18(16)27)13-7-4-6-12(10-13)20(21,22)23/h3-10,17,25,27H,2H2,1H3. The number of phenols is 1. The summed E-state index contributed by atoms with van der Waals surface area (Å²) in [6.07, 6.45) is -4.64. The Kier molecular flexibility index (Phi) is 4.89. The molecule has 0 spiro atoms. The van der Waals surface area contributed by atoms with Crippen LogP contribution in [-0.2, 0) is 15.8 Å². The summed E-state index contributed by atoms with van der Waals surface area (Å²) in [4.78, 5) is 26.0. The summed E-state index contributed by atoms with van der Waals surface area (Å²) in [6.45, 7) is 1.54. The van der Waals surface area contributed by atoms with Gasteiger partial charge in [0, 0.05) is 12.1 Å². The lowest BCUT2D eigenvalue weighted by Gasteiger charge is -2.27. The minimum atomic E-state index is -4.63. The average Bonchev–Trinajstić information content (AvgIpc) is 2.92. The molecule has 2 N–H and O–H groups in total. The van der Waals surface area contributed by atoms with Gasteiger partial charge in [-0.05, 0) is 35.9 Å². The van der Waals surface area contributed by atoms with Crippen molar-refractivity contribution in [2.24, 2.45) is 0 Å². The number of anilines is 1. The van der Waals surface area contributed by atoms with Gasteiger partial charge in [-0.1, -0.05) is 25.1 Å². The van der Waals surface area contributed by atoms with Crippen molar-refractivity contribution >= 4 is 17.4 Å². The Labute approximate surface area is 158 Å². The van der Waals surface area contributed by atoms with E-state index in [1.807, 2.05) is 0 Å². The summed E-state index contributed by atoms with van der Waals surface area (Å²) >= 11 is 0. The summed E-state index contributed by atoms with van der Waals surface area (Å²) in [6, 6.07) is 8.56. The van der Waals surface area contributed by atoms with Gasteiger partial charge in [-0.15, -0.1) is 0 Å². The highest BCUT2D eigenvalue weighted by Gasteiger charge is 2.44. The van der Waals surface area contributed by atoms with Crippen molar-refractivity contribution in [1.29, 1.82) is 0 Å². The number of hydrogen-bond acceptors (Lipinski definition) is 4. The zero-order valence-corrected chi connectivity index (χ0v) is 14.7. The van der Waals surface area contributed by atoms with Crippen molar-refractivity contribution in [2.75, 3.05) is 4.90 Å². The Morgan fingerprint density at radius 1 is 1.11 bits per heavy atom. The first-order chi connectivity index (χ1) is 13.1. The number of aliphatic hydroxyl groups is 1. The highest BCUT2D eigenvalue weighted by atomic mass is 19.4. The average molecular weight is 391 g/mol. The molecule has 8 heteroatoms. The van der Waals surface area contributed by atoms with Crippen molar-refractivity contribution in [3.05, 3.63) is 71.0 Å². The number of Topliss-reactive ketones (excluding diaryl/α,β-unsaturated/α-hetero) is 1. The molecule has 28 heavy (non-hydrogen) atoms. The third kappa shape index (κ3) is 3.33. The molecule has 0 bridgehead atoms. The second-order valence-corrected chi connectivity index (χ2v) is 6.26. The monoisotopic (exact) mass is 391 g/mol. The molecular formula is C20H16F3NO4. The van der Waals surface area contributed by atoms with E-state index in [0.717, 1.165) is 23.1 Å². The fourth-order valence-corrected chi connectivity index (χ4v) is 3.19. The fourth-order valence-electron chi connectivity index (χ4n) is 3.19. The second kappa shape index (κ2) is 7.03. The molecule has 0 radical (unpaired) electrons. The molecule has 3 rings (SSSR count). The van der Waals surface area contributed by atoms with Gasteiger partial charge in [-0.2, -0.15) is 13.2 Å². The molecule has 1 aliphatic heterocycles. The Balaban J connectivity index is 2.20. The largest absolute Gasteiger partial charge is 0.508 e. The summed E-state index contributed by atoms with van der Waals surface area (Å²) in [7, 11) is 0. The Hall–Kier alpha value is -3.29. The SMILES string of the molecule is CCC(=O)C1=C(O)C(=O)N(c2cccc(C(F)(F)F)c2)C1c1cccc(O)c1. The van der Waals surface area contributed by atoms with Gasteiger partial charge < -0.3 is 10.2 Å². The maximum absolute atomic E-state index is 13.1. The molecule has 146 valence electrons. The predicted molar refractivity (Wildman–Crippen MR) is 94.7 cm³/mol. The first-order valence-corrected chi connectivity index (χ1v) is 8.41. The van der Waals surface area contributed by atoms with E-state index >= 15 is 0 Å². The summed E-state index contributed by atoms with van der Waals surface area (Å²) in [5, 5.41) is 20.1. The van der Waals surface area contributed by atoms with Crippen LogP contribution in [0.3, 0.4) is 0 Å². The topological polar surface area (TPSA) is 77.8 Å². The summed E-state index contributed by atoms with van der Waals surface area (Å²) in [5.41, 5.74) is -1.03. The lowest BCUT2D eigenvalue weighted by Crippen LogP contribution is -2.31. The zero-order valence-electron chi connectivity index (χ0n) is 14.7. The number of halogens is 3. The molecule has 1 heterocycles. The lowest BCUT2D eigenvalue weighted by molar-refractivity contribution is -0.137. The highest BCUT2D eigenvalue weighted by Crippen LogP contribution is 2.43. The van der Waals surface area contributed by atoms with Crippen LogP contribution in [0, 0.1) is 0 Å². The van der Waals surface area contributed by atoms with Gasteiger partial charge in [0.15, 0.2) is 11.5 Å². The maximum atomic E-state index is 13.1. The number of rotatable bonds is 4. The van der Waals surface area contributed by atoms with Gasteiger partial charge in [0.1, 0.15) is 5.75 Å². The third-order valence-corrected chi connectivity index (χ3v) is 4.47. The molecule has 1 amide bonds. The van der Waals surface area contributed by atoms with E-state index < -0.39 is 35.2 Å². The van der Waals surface area contributed by atoms with E-state index in [1.54, 1.807) is 6.92 Å². The van der Waals surface area contributed by atoms with Crippen LogP contribution in [0.2, 0.25) is 0 Å². The number of hydrogen-bond donors (Lipinski definition) is 2. The Morgan fingerprint density at radius 3 is 2.39 bits per heavy atom. The number of aliphatic hydroxyl groups excluding tert-OH is 1. The molecule has 5 nitrogen and oxygen atoms in total. The van der Waals surface area contributed by atoms with Gasteiger partial charge in [0.25, 0.3) is 5.91 Å².